The Hall–Kier alpha value is -1.36. The maximum Gasteiger partial charge on any atom is 0.266 e. The number of aromatic amines is 1. The number of nitriles is 1. The predicted octanol–water partition coefficient (Wildman–Crippen LogP) is 0.220. The monoisotopic (exact) mass is 261 g/mol. The summed E-state index contributed by atoms with van der Waals surface area (Å²) in [5, 5.41) is 8.06. The second-order valence-corrected chi connectivity index (χ2v) is 4.99. The number of hydrogen-bond donors (Lipinski definition) is 2. The van der Waals surface area contributed by atoms with E-state index < -0.39 is 15.6 Å². The molecule has 0 aromatic carbocycles. The minimum atomic E-state index is -3.73. The summed E-state index contributed by atoms with van der Waals surface area (Å²) in [7, 11) is -3.73. The molecule has 0 spiro atoms. The van der Waals surface area contributed by atoms with Crippen LogP contribution < -0.4 is 10.3 Å². The van der Waals surface area contributed by atoms with E-state index in [2.05, 4.69) is 9.71 Å². The molecule has 16 heavy (non-hydrogen) atoms. The molecule has 0 bridgehead atoms. The molecule has 2 N–H and O–H groups in total. The van der Waals surface area contributed by atoms with Crippen molar-refractivity contribution in [2.75, 3.05) is 6.54 Å². The van der Waals surface area contributed by atoms with Gasteiger partial charge in [-0.05, 0) is 6.07 Å². The second-order valence-electron chi connectivity index (χ2n) is 2.82. The van der Waals surface area contributed by atoms with Crippen LogP contribution in [0, 0.1) is 11.3 Å². The maximum atomic E-state index is 11.6. The van der Waals surface area contributed by atoms with Crippen molar-refractivity contribution < 1.29 is 8.42 Å². The Balaban J connectivity index is 2.95. The third-order valence-corrected chi connectivity index (χ3v) is 3.39. The Morgan fingerprint density at radius 3 is 2.81 bits per heavy atom. The Bertz CT molecular complexity index is 573. The van der Waals surface area contributed by atoms with Gasteiger partial charge in [0.1, 0.15) is 5.02 Å². The van der Waals surface area contributed by atoms with Crippen LogP contribution in [0.5, 0.6) is 0 Å². The molecule has 6 nitrogen and oxygen atoms in total. The molecule has 1 aromatic rings. The molecule has 86 valence electrons. The Labute approximate surface area is 96.9 Å². The predicted molar refractivity (Wildman–Crippen MR) is 57.5 cm³/mol. The van der Waals surface area contributed by atoms with Gasteiger partial charge >= 0.3 is 0 Å². The molecule has 1 heterocycles. The Morgan fingerprint density at radius 1 is 1.56 bits per heavy atom. The quantitative estimate of drug-likeness (QED) is 0.757. The molecule has 1 aromatic heterocycles. The van der Waals surface area contributed by atoms with Gasteiger partial charge in [-0.3, -0.25) is 4.79 Å². The number of rotatable bonds is 4. The van der Waals surface area contributed by atoms with Crippen molar-refractivity contribution in [1.82, 2.24) is 9.71 Å². The van der Waals surface area contributed by atoms with E-state index in [-0.39, 0.29) is 22.9 Å². The van der Waals surface area contributed by atoms with Crippen LogP contribution in [0.4, 0.5) is 0 Å². The van der Waals surface area contributed by atoms with Crippen molar-refractivity contribution in [2.45, 2.75) is 11.3 Å². The van der Waals surface area contributed by atoms with Crippen LogP contribution in [0.3, 0.4) is 0 Å². The van der Waals surface area contributed by atoms with Crippen molar-refractivity contribution in [2.24, 2.45) is 0 Å². The summed E-state index contributed by atoms with van der Waals surface area (Å²) in [6.45, 7) is 0.00950. The van der Waals surface area contributed by atoms with Crippen molar-refractivity contribution in [3.8, 4) is 6.07 Å². The fraction of sp³-hybridized carbons (Fsp3) is 0.250. The van der Waals surface area contributed by atoms with Gasteiger partial charge in [-0.2, -0.15) is 5.26 Å². The lowest BCUT2D eigenvalue weighted by atomic mass is 10.5. The summed E-state index contributed by atoms with van der Waals surface area (Å²) in [5.41, 5.74) is -0.558. The lowest BCUT2D eigenvalue weighted by Gasteiger charge is -2.04. The summed E-state index contributed by atoms with van der Waals surface area (Å²) in [5.74, 6) is 0. The van der Waals surface area contributed by atoms with Crippen LogP contribution in [0.25, 0.3) is 0 Å². The molecule has 0 aliphatic heterocycles. The van der Waals surface area contributed by atoms with E-state index in [0.717, 1.165) is 12.3 Å². The molecule has 0 atom stereocenters. The van der Waals surface area contributed by atoms with Crippen molar-refractivity contribution in [1.29, 1.82) is 5.26 Å². The summed E-state index contributed by atoms with van der Waals surface area (Å²) in [6.07, 6.45) is 1.11. The van der Waals surface area contributed by atoms with Crippen LogP contribution in [0.1, 0.15) is 6.42 Å². The van der Waals surface area contributed by atoms with Crippen LogP contribution in [-0.4, -0.2) is 19.9 Å². The SMILES string of the molecule is N#CCCNS(=O)(=O)c1c[nH]c(=O)c(Cl)c1. The molecule has 0 unspecified atom stereocenters. The van der Waals surface area contributed by atoms with E-state index in [0.29, 0.717) is 0 Å². The van der Waals surface area contributed by atoms with E-state index in [4.69, 9.17) is 16.9 Å². The molecule has 0 radical (unpaired) electrons. The third-order valence-electron chi connectivity index (χ3n) is 1.67. The lowest BCUT2D eigenvalue weighted by Crippen LogP contribution is -2.25. The molecular weight excluding hydrogens is 254 g/mol. The Morgan fingerprint density at radius 2 is 2.25 bits per heavy atom. The van der Waals surface area contributed by atoms with E-state index in [1.165, 1.54) is 0 Å². The number of pyridine rings is 1. The van der Waals surface area contributed by atoms with E-state index in [1.807, 2.05) is 0 Å². The van der Waals surface area contributed by atoms with Crippen LogP contribution in [-0.2, 0) is 10.0 Å². The molecule has 0 aliphatic carbocycles. The average molecular weight is 262 g/mol. The Kier molecular flexibility index (Phi) is 4.06. The number of aromatic nitrogens is 1. The number of nitrogens with zero attached hydrogens (tertiary/aromatic N) is 1. The van der Waals surface area contributed by atoms with Gasteiger partial charge in [0.05, 0.1) is 11.0 Å². The maximum absolute atomic E-state index is 11.6. The lowest BCUT2D eigenvalue weighted by molar-refractivity contribution is 0.582. The van der Waals surface area contributed by atoms with E-state index >= 15 is 0 Å². The highest BCUT2D eigenvalue weighted by atomic mass is 35.5. The van der Waals surface area contributed by atoms with Crippen molar-refractivity contribution >= 4 is 21.6 Å². The first kappa shape index (κ1) is 12.7. The van der Waals surface area contributed by atoms with E-state index in [1.54, 1.807) is 6.07 Å². The molecule has 0 aliphatic rings. The second kappa shape index (κ2) is 5.12. The summed E-state index contributed by atoms with van der Waals surface area (Å²) in [4.78, 5) is 13.0. The molecule has 0 fully saturated rings. The van der Waals surface area contributed by atoms with Gasteiger partial charge < -0.3 is 4.98 Å². The zero-order chi connectivity index (χ0) is 12.2. The minimum absolute atomic E-state index is 0.00950. The van der Waals surface area contributed by atoms with Gasteiger partial charge in [-0.25, -0.2) is 13.1 Å². The van der Waals surface area contributed by atoms with Crippen LogP contribution in [0.2, 0.25) is 5.02 Å². The summed E-state index contributed by atoms with van der Waals surface area (Å²) < 4.78 is 25.3. The zero-order valence-electron chi connectivity index (χ0n) is 8.03. The number of halogens is 1. The standard InChI is InChI=1S/C8H8ClN3O3S/c9-7-4-6(5-11-8(7)13)16(14,15)12-3-1-2-10/h4-5,12H,1,3H2,(H,11,13). The topological polar surface area (TPSA) is 103 Å². The van der Waals surface area contributed by atoms with Gasteiger partial charge in [-0.1, -0.05) is 11.6 Å². The fourth-order valence-electron chi connectivity index (χ4n) is 0.918. The van der Waals surface area contributed by atoms with Crippen LogP contribution >= 0.6 is 11.6 Å². The third kappa shape index (κ3) is 3.06. The number of H-pyrrole nitrogens is 1. The summed E-state index contributed by atoms with van der Waals surface area (Å²) >= 11 is 5.49. The largest absolute Gasteiger partial charge is 0.326 e. The van der Waals surface area contributed by atoms with Crippen molar-refractivity contribution in [3.05, 3.63) is 27.6 Å². The highest BCUT2D eigenvalue weighted by Crippen LogP contribution is 2.09. The molecular formula is C8H8ClN3O3S. The average Bonchev–Trinajstić information content (AvgIpc) is 2.22. The van der Waals surface area contributed by atoms with Crippen LogP contribution in [0.15, 0.2) is 22.0 Å². The smallest absolute Gasteiger partial charge is 0.266 e. The first-order valence-corrected chi connectivity index (χ1v) is 6.08. The van der Waals surface area contributed by atoms with Gasteiger partial charge in [0.2, 0.25) is 10.0 Å². The summed E-state index contributed by atoms with van der Waals surface area (Å²) in [6, 6.07) is 2.85. The van der Waals surface area contributed by atoms with E-state index in [9.17, 15) is 13.2 Å². The van der Waals surface area contributed by atoms with Gasteiger partial charge in [-0.15, -0.1) is 0 Å². The molecule has 0 amide bonds. The molecule has 0 saturated carbocycles. The number of nitrogens with one attached hydrogen (secondary N) is 2. The zero-order valence-corrected chi connectivity index (χ0v) is 9.60. The first-order chi connectivity index (χ1) is 7.47. The van der Waals surface area contributed by atoms with Gasteiger partial charge in [0.15, 0.2) is 0 Å². The number of sulfonamides is 1. The highest BCUT2D eigenvalue weighted by Gasteiger charge is 2.14. The molecule has 8 heteroatoms. The van der Waals surface area contributed by atoms with Gasteiger partial charge in [0.25, 0.3) is 5.56 Å². The first-order valence-electron chi connectivity index (χ1n) is 4.22. The van der Waals surface area contributed by atoms with Gasteiger partial charge in [0, 0.05) is 19.2 Å². The fourth-order valence-corrected chi connectivity index (χ4v) is 2.18. The van der Waals surface area contributed by atoms with Crippen molar-refractivity contribution in [3.63, 3.8) is 0 Å². The normalized spacial score (nSPS) is 11.0. The minimum Gasteiger partial charge on any atom is -0.326 e. The molecule has 1 rings (SSSR count). The highest BCUT2D eigenvalue weighted by molar-refractivity contribution is 7.89. The molecule has 0 saturated heterocycles. The number of hydrogen-bond acceptors (Lipinski definition) is 4.